The molecule has 0 aliphatic heterocycles. The third kappa shape index (κ3) is 5.51. The molecule has 1 aliphatic rings. The Hall–Kier alpha value is -6.74. The quantitative estimate of drug-likeness (QED) is 0.164. The van der Waals surface area contributed by atoms with E-state index in [-0.39, 0.29) is 5.41 Å². The van der Waals surface area contributed by atoms with Crippen LogP contribution in [0, 0.1) is 0 Å². The molecule has 270 valence electrons. The first kappa shape index (κ1) is 33.6. The van der Waals surface area contributed by atoms with Crippen LogP contribution in [0.3, 0.4) is 0 Å². The number of anilines is 3. The Morgan fingerprint density at radius 2 is 0.982 bits per heavy atom. The van der Waals surface area contributed by atoms with Gasteiger partial charge in [0, 0.05) is 42.6 Å². The predicted molar refractivity (Wildman–Crippen MR) is 245 cm³/mol. The van der Waals surface area contributed by atoms with E-state index in [1.165, 1.54) is 86.6 Å². The fourth-order valence-corrected chi connectivity index (χ4v) is 10.3. The lowest BCUT2D eigenvalue weighted by molar-refractivity contribution is 0.660. The van der Waals surface area contributed by atoms with Crippen LogP contribution < -0.4 is 4.90 Å². The second-order valence-electron chi connectivity index (χ2n) is 15.7. The molecule has 0 radical (unpaired) electrons. The molecule has 0 saturated heterocycles. The second-order valence-corrected chi connectivity index (χ2v) is 16.8. The van der Waals surface area contributed by atoms with Crippen molar-refractivity contribution in [3.63, 3.8) is 0 Å². The van der Waals surface area contributed by atoms with E-state index in [1.807, 2.05) is 11.3 Å². The summed E-state index contributed by atoms with van der Waals surface area (Å²) in [6, 6.07) is 73.9. The first-order chi connectivity index (χ1) is 28.0. The third-order valence-corrected chi connectivity index (χ3v) is 13.2. The standard InChI is InChI=1S/C55H39NS/c1-55(2)49-18-10-8-16-46(49)47-31-30-44(35-50(47)55)56(42-26-22-38(23-27-42)36-12-4-3-5-13-36)43-28-24-39(25-29-43)45-32-33-52-54(48-17-9-11-19-51(48)57-52)53(45)41-21-20-37-14-6-7-15-40(37)34-41/h3-35H,1-2H3. The van der Waals surface area contributed by atoms with E-state index in [2.05, 4.69) is 219 Å². The van der Waals surface area contributed by atoms with Crippen LogP contribution in [0.4, 0.5) is 17.1 Å². The van der Waals surface area contributed by atoms with E-state index in [9.17, 15) is 0 Å². The summed E-state index contributed by atoms with van der Waals surface area (Å²) in [6.07, 6.45) is 0. The molecule has 0 fully saturated rings. The molecule has 1 aromatic heterocycles. The average Bonchev–Trinajstić information content (AvgIpc) is 3.76. The van der Waals surface area contributed by atoms with E-state index in [4.69, 9.17) is 0 Å². The minimum absolute atomic E-state index is 0.0989. The summed E-state index contributed by atoms with van der Waals surface area (Å²) >= 11 is 1.88. The van der Waals surface area contributed by atoms with Gasteiger partial charge in [-0.15, -0.1) is 11.3 Å². The summed E-state index contributed by atoms with van der Waals surface area (Å²) in [5.41, 5.74) is 16.1. The fourth-order valence-electron chi connectivity index (χ4n) is 9.20. The Kier molecular flexibility index (Phi) is 7.77. The van der Waals surface area contributed by atoms with Crippen molar-refractivity contribution < 1.29 is 0 Å². The zero-order valence-electron chi connectivity index (χ0n) is 31.9. The Morgan fingerprint density at radius 3 is 1.79 bits per heavy atom. The van der Waals surface area contributed by atoms with Crippen molar-refractivity contribution in [1.82, 2.24) is 0 Å². The number of benzene rings is 9. The largest absolute Gasteiger partial charge is 0.310 e. The van der Waals surface area contributed by atoms with Gasteiger partial charge in [0.25, 0.3) is 0 Å². The number of rotatable bonds is 6. The number of hydrogen-bond acceptors (Lipinski definition) is 2. The zero-order valence-corrected chi connectivity index (χ0v) is 32.7. The highest BCUT2D eigenvalue weighted by Gasteiger charge is 2.35. The van der Waals surface area contributed by atoms with Crippen LogP contribution in [0.15, 0.2) is 200 Å². The lowest BCUT2D eigenvalue weighted by atomic mass is 9.82. The lowest BCUT2D eigenvalue weighted by Gasteiger charge is -2.28. The zero-order chi connectivity index (χ0) is 38.1. The van der Waals surface area contributed by atoms with Gasteiger partial charge in [0.2, 0.25) is 0 Å². The van der Waals surface area contributed by atoms with Crippen molar-refractivity contribution >= 4 is 59.3 Å². The Balaban J connectivity index is 1.07. The van der Waals surface area contributed by atoms with Crippen LogP contribution in [0.1, 0.15) is 25.0 Å². The van der Waals surface area contributed by atoms with Crippen LogP contribution in [-0.4, -0.2) is 0 Å². The molecule has 57 heavy (non-hydrogen) atoms. The molecule has 10 aromatic rings. The van der Waals surface area contributed by atoms with Gasteiger partial charge < -0.3 is 4.90 Å². The van der Waals surface area contributed by atoms with Gasteiger partial charge in [-0.2, -0.15) is 0 Å². The van der Waals surface area contributed by atoms with Crippen molar-refractivity contribution in [2.45, 2.75) is 19.3 Å². The maximum atomic E-state index is 2.42. The predicted octanol–water partition coefficient (Wildman–Crippen LogP) is 16.0. The molecule has 0 atom stereocenters. The molecule has 9 aromatic carbocycles. The first-order valence-electron chi connectivity index (χ1n) is 19.8. The van der Waals surface area contributed by atoms with Crippen LogP contribution in [-0.2, 0) is 5.41 Å². The Bertz CT molecular complexity index is 3130. The molecule has 11 rings (SSSR count). The maximum Gasteiger partial charge on any atom is 0.0465 e. The molecule has 1 heterocycles. The summed E-state index contributed by atoms with van der Waals surface area (Å²) in [6.45, 7) is 4.71. The summed E-state index contributed by atoms with van der Waals surface area (Å²) in [5, 5.41) is 5.15. The summed E-state index contributed by atoms with van der Waals surface area (Å²) < 4.78 is 2.63. The minimum Gasteiger partial charge on any atom is -0.310 e. The summed E-state index contributed by atoms with van der Waals surface area (Å²) in [7, 11) is 0. The van der Waals surface area contributed by atoms with E-state index < -0.39 is 0 Å². The van der Waals surface area contributed by atoms with Crippen LogP contribution in [0.25, 0.3) is 75.5 Å². The molecule has 0 bridgehead atoms. The van der Waals surface area contributed by atoms with Crippen molar-refractivity contribution in [3.8, 4) is 44.5 Å². The average molecular weight is 746 g/mol. The number of nitrogens with zero attached hydrogens (tertiary/aromatic N) is 1. The molecule has 2 heteroatoms. The van der Waals surface area contributed by atoms with Crippen molar-refractivity contribution in [1.29, 1.82) is 0 Å². The Morgan fingerprint density at radius 1 is 0.386 bits per heavy atom. The highest BCUT2D eigenvalue weighted by molar-refractivity contribution is 7.26. The molecule has 0 unspecified atom stereocenters. The Labute approximate surface area is 337 Å². The van der Waals surface area contributed by atoms with Gasteiger partial charge in [0.1, 0.15) is 0 Å². The van der Waals surface area contributed by atoms with E-state index >= 15 is 0 Å². The van der Waals surface area contributed by atoms with Crippen molar-refractivity contribution in [3.05, 3.63) is 211 Å². The maximum absolute atomic E-state index is 2.42. The molecule has 0 N–H and O–H groups in total. The van der Waals surface area contributed by atoms with Gasteiger partial charge in [0.05, 0.1) is 0 Å². The first-order valence-corrected chi connectivity index (χ1v) is 20.6. The third-order valence-electron chi connectivity index (χ3n) is 12.1. The normalized spacial score (nSPS) is 12.9. The number of hydrogen-bond donors (Lipinski definition) is 0. The lowest BCUT2D eigenvalue weighted by Crippen LogP contribution is -2.16. The van der Waals surface area contributed by atoms with Crippen LogP contribution in [0.2, 0.25) is 0 Å². The summed E-state index contributed by atoms with van der Waals surface area (Å²) in [5.74, 6) is 0. The number of thiophene rings is 1. The van der Waals surface area contributed by atoms with Crippen LogP contribution >= 0.6 is 11.3 Å². The fraction of sp³-hybridized carbons (Fsp3) is 0.0545. The highest BCUT2D eigenvalue weighted by Crippen LogP contribution is 2.51. The van der Waals surface area contributed by atoms with E-state index in [0.717, 1.165) is 17.1 Å². The van der Waals surface area contributed by atoms with Crippen molar-refractivity contribution in [2.75, 3.05) is 4.90 Å². The summed E-state index contributed by atoms with van der Waals surface area (Å²) in [4.78, 5) is 2.41. The van der Waals surface area contributed by atoms with Gasteiger partial charge in [-0.05, 0) is 121 Å². The van der Waals surface area contributed by atoms with Gasteiger partial charge in [0.15, 0.2) is 0 Å². The molecule has 1 aliphatic carbocycles. The smallest absolute Gasteiger partial charge is 0.0465 e. The van der Waals surface area contributed by atoms with Gasteiger partial charge >= 0.3 is 0 Å². The second kappa shape index (κ2) is 13.2. The van der Waals surface area contributed by atoms with E-state index in [0.29, 0.717) is 0 Å². The van der Waals surface area contributed by atoms with E-state index in [1.54, 1.807) is 0 Å². The molecule has 0 amide bonds. The molecule has 1 nitrogen and oxygen atoms in total. The molecule has 0 spiro atoms. The molecular formula is C55H39NS. The molecular weight excluding hydrogens is 707 g/mol. The van der Waals surface area contributed by atoms with Gasteiger partial charge in [-0.1, -0.05) is 159 Å². The number of fused-ring (bicyclic) bond motifs is 7. The van der Waals surface area contributed by atoms with Crippen molar-refractivity contribution in [2.24, 2.45) is 0 Å². The SMILES string of the molecule is CC1(C)c2ccccc2-c2ccc(N(c3ccc(-c4ccccc4)cc3)c3ccc(-c4ccc5sc6ccccc6c5c4-c4ccc5ccccc5c4)cc3)cc21. The minimum atomic E-state index is -0.0989. The van der Waals surface area contributed by atoms with Crippen LogP contribution in [0.5, 0.6) is 0 Å². The monoisotopic (exact) mass is 745 g/mol. The van der Waals surface area contributed by atoms with Gasteiger partial charge in [-0.3, -0.25) is 0 Å². The highest BCUT2D eigenvalue weighted by atomic mass is 32.1. The molecule has 0 saturated carbocycles. The topological polar surface area (TPSA) is 3.24 Å². The van der Waals surface area contributed by atoms with Gasteiger partial charge in [-0.25, -0.2) is 0 Å².